The number of hydrogen-bond acceptors (Lipinski definition) is 8. The Hall–Kier alpha value is -4.02. The smallest absolute Gasteiger partial charge is 0.290 e. The highest BCUT2D eigenvalue weighted by Gasteiger charge is 2.26. The molecule has 0 radical (unpaired) electrons. The molecule has 0 bridgehead atoms. The summed E-state index contributed by atoms with van der Waals surface area (Å²) >= 11 is 0.891. The number of thioether (sulfide) groups is 1. The second-order valence-corrected chi connectivity index (χ2v) is 10.5. The average molecular weight is 526 g/mol. The van der Waals surface area contributed by atoms with Crippen molar-refractivity contribution in [1.82, 2.24) is 30.6 Å². The summed E-state index contributed by atoms with van der Waals surface area (Å²) in [6.07, 6.45) is 7.32. The van der Waals surface area contributed by atoms with Gasteiger partial charge in [-0.2, -0.15) is 0 Å². The molecule has 38 heavy (non-hydrogen) atoms. The number of nitrogens with one attached hydrogen (secondary N) is 3. The fourth-order valence-electron chi connectivity index (χ4n) is 4.92. The third-order valence-corrected chi connectivity index (χ3v) is 7.71. The summed E-state index contributed by atoms with van der Waals surface area (Å²) in [4.78, 5) is 43.1. The van der Waals surface area contributed by atoms with Crippen molar-refractivity contribution in [3.05, 3.63) is 77.2 Å². The number of H-pyrrole nitrogens is 1. The number of carbonyl (C=O) groups excluding carboxylic acids is 2. The second kappa shape index (κ2) is 10.8. The van der Waals surface area contributed by atoms with Gasteiger partial charge in [-0.05, 0) is 72.8 Å². The van der Waals surface area contributed by atoms with E-state index in [0.29, 0.717) is 29.0 Å². The van der Waals surface area contributed by atoms with E-state index < -0.39 is 0 Å². The number of aromatic amines is 1. The summed E-state index contributed by atoms with van der Waals surface area (Å²) in [6.45, 7) is 3.36. The molecule has 6 rings (SSSR count). The number of fused-ring (bicyclic) bond motifs is 1. The number of carbonyl (C=O) groups is 2. The van der Waals surface area contributed by atoms with Gasteiger partial charge in [0.05, 0.1) is 27.7 Å². The zero-order valence-electron chi connectivity index (χ0n) is 20.7. The molecule has 0 saturated carbocycles. The first kappa shape index (κ1) is 24.3. The van der Waals surface area contributed by atoms with E-state index in [1.807, 2.05) is 18.3 Å². The van der Waals surface area contributed by atoms with E-state index in [4.69, 9.17) is 4.98 Å². The Morgan fingerprint density at radius 2 is 1.95 bits per heavy atom. The van der Waals surface area contributed by atoms with Crippen LogP contribution in [0.25, 0.3) is 28.2 Å². The van der Waals surface area contributed by atoms with Gasteiger partial charge in [-0.1, -0.05) is 24.3 Å². The molecule has 10 heteroatoms. The Labute approximate surface area is 224 Å². The molecular weight excluding hydrogens is 498 g/mol. The number of rotatable bonds is 7. The van der Waals surface area contributed by atoms with Crippen LogP contribution in [0.4, 0.5) is 10.7 Å². The Bertz CT molecular complexity index is 1510. The summed E-state index contributed by atoms with van der Waals surface area (Å²) in [5.74, 6) is 0.823. The standard InChI is InChI=1S/C28H27N7O2S/c36-26-25(38-28(37)34-26)15-20-7-11-31-27(32-20)35-12-8-18(9-13-35)16-29-17-24-21-5-2-1-4-19(21)14-23(33-24)22-6-3-10-30-22/h1-7,10-11,14-15,18,29-30H,8-9,12-13,16-17H2,(H,34,36,37). The van der Waals surface area contributed by atoms with E-state index in [-0.39, 0.29) is 11.1 Å². The molecule has 5 heterocycles. The molecule has 0 spiro atoms. The maximum absolute atomic E-state index is 11.8. The van der Waals surface area contributed by atoms with Crippen molar-refractivity contribution in [2.24, 2.45) is 5.92 Å². The number of nitrogens with zero attached hydrogens (tertiary/aromatic N) is 4. The largest absolute Gasteiger partial charge is 0.360 e. The van der Waals surface area contributed by atoms with Crippen LogP contribution in [0, 0.1) is 5.92 Å². The Morgan fingerprint density at radius 3 is 2.74 bits per heavy atom. The van der Waals surface area contributed by atoms with E-state index in [1.165, 1.54) is 10.8 Å². The van der Waals surface area contributed by atoms with E-state index >= 15 is 0 Å². The third kappa shape index (κ3) is 5.32. The van der Waals surface area contributed by atoms with Crippen molar-refractivity contribution < 1.29 is 9.59 Å². The first-order valence-corrected chi connectivity index (χ1v) is 13.5. The normalized spacial score (nSPS) is 17.5. The predicted molar refractivity (Wildman–Crippen MR) is 149 cm³/mol. The lowest BCUT2D eigenvalue weighted by Crippen LogP contribution is -2.38. The Kier molecular flexibility index (Phi) is 6.89. The SMILES string of the molecule is O=C1NC(=O)C(=Cc2ccnc(N3CCC(CNCc4nc(-c5ccc[nH]5)cc5ccccc45)CC3)n2)S1. The molecule has 2 aliphatic heterocycles. The van der Waals surface area contributed by atoms with Crippen molar-refractivity contribution in [3.63, 3.8) is 0 Å². The molecule has 1 aromatic carbocycles. The fraction of sp³-hybridized carbons (Fsp3) is 0.250. The zero-order chi connectivity index (χ0) is 25.9. The lowest BCUT2D eigenvalue weighted by molar-refractivity contribution is -0.115. The minimum Gasteiger partial charge on any atom is -0.360 e. The lowest BCUT2D eigenvalue weighted by atomic mass is 9.97. The second-order valence-electron chi connectivity index (χ2n) is 9.45. The first-order valence-electron chi connectivity index (χ1n) is 12.7. The van der Waals surface area contributed by atoms with Crippen LogP contribution in [0.5, 0.6) is 0 Å². The third-order valence-electron chi connectivity index (χ3n) is 6.90. The molecule has 9 nitrogen and oxygen atoms in total. The van der Waals surface area contributed by atoms with Gasteiger partial charge in [0.1, 0.15) is 0 Å². The number of imide groups is 1. The predicted octanol–water partition coefficient (Wildman–Crippen LogP) is 4.35. The van der Waals surface area contributed by atoms with Crippen molar-refractivity contribution in [2.75, 3.05) is 24.5 Å². The number of aromatic nitrogens is 4. The topological polar surface area (TPSA) is 116 Å². The molecule has 2 aliphatic rings. The zero-order valence-corrected chi connectivity index (χ0v) is 21.5. The molecular formula is C28H27N7O2S. The van der Waals surface area contributed by atoms with Gasteiger partial charge in [0, 0.05) is 37.4 Å². The summed E-state index contributed by atoms with van der Waals surface area (Å²) in [6, 6.07) is 16.3. The van der Waals surface area contributed by atoms with Gasteiger partial charge < -0.3 is 15.2 Å². The van der Waals surface area contributed by atoms with Crippen LogP contribution in [0.15, 0.2) is 65.8 Å². The van der Waals surface area contributed by atoms with Crippen molar-refractivity contribution in [2.45, 2.75) is 19.4 Å². The number of anilines is 1. The maximum Gasteiger partial charge on any atom is 0.290 e. The van der Waals surface area contributed by atoms with E-state index in [1.54, 1.807) is 18.3 Å². The van der Waals surface area contributed by atoms with Crippen molar-refractivity contribution >= 4 is 45.7 Å². The molecule has 3 N–H and O–H groups in total. The average Bonchev–Trinajstić information content (AvgIpc) is 3.59. The lowest BCUT2D eigenvalue weighted by Gasteiger charge is -2.32. The van der Waals surface area contributed by atoms with E-state index in [9.17, 15) is 9.59 Å². The van der Waals surface area contributed by atoms with Crippen LogP contribution in [0.3, 0.4) is 0 Å². The summed E-state index contributed by atoms with van der Waals surface area (Å²) < 4.78 is 0. The highest BCUT2D eigenvalue weighted by molar-refractivity contribution is 8.18. The monoisotopic (exact) mass is 525 g/mol. The Balaban J connectivity index is 1.06. The molecule has 2 fully saturated rings. The summed E-state index contributed by atoms with van der Waals surface area (Å²) in [5.41, 5.74) is 3.65. The highest BCUT2D eigenvalue weighted by atomic mass is 32.2. The van der Waals surface area contributed by atoms with Crippen LogP contribution >= 0.6 is 11.8 Å². The molecule has 2 amide bonds. The molecule has 3 aromatic heterocycles. The minimum atomic E-state index is -0.382. The van der Waals surface area contributed by atoms with Crippen LogP contribution in [-0.4, -0.2) is 50.7 Å². The van der Waals surface area contributed by atoms with Crippen LogP contribution < -0.4 is 15.5 Å². The van der Waals surface area contributed by atoms with Gasteiger partial charge in [-0.15, -0.1) is 0 Å². The van der Waals surface area contributed by atoms with Gasteiger partial charge in [0.15, 0.2) is 0 Å². The van der Waals surface area contributed by atoms with E-state index in [2.05, 4.69) is 60.8 Å². The number of pyridine rings is 1. The molecule has 0 atom stereocenters. The van der Waals surface area contributed by atoms with Gasteiger partial charge in [0.25, 0.3) is 11.1 Å². The van der Waals surface area contributed by atoms with Crippen molar-refractivity contribution in [3.8, 4) is 11.4 Å². The van der Waals surface area contributed by atoms with Gasteiger partial charge in [0.2, 0.25) is 5.95 Å². The molecule has 0 aliphatic carbocycles. The molecule has 192 valence electrons. The quantitative estimate of drug-likeness (QED) is 0.305. The minimum absolute atomic E-state index is 0.352. The number of hydrogen-bond donors (Lipinski definition) is 3. The van der Waals surface area contributed by atoms with Gasteiger partial charge in [-0.25, -0.2) is 15.0 Å². The van der Waals surface area contributed by atoms with Crippen LogP contribution in [0.1, 0.15) is 24.2 Å². The van der Waals surface area contributed by atoms with E-state index in [0.717, 1.165) is 61.3 Å². The summed E-state index contributed by atoms with van der Waals surface area (Å²) in [5, 5.41) is 7.92. The number of amides is 2. The van der Waals surface area contributed by atoms with Gasteiger partial charge in [-0.3, -0.25) is 14.9 Å². The molecule has 2 saturated heterocycles. The van der Waals surface area contributed by atoms with Crippen LogP contribution in [0.2, 0.25) is 0 Å². The van der Waals surface area contributed by atoms with Crippen molar-refractivity contribution in [1.29, 1.82) is 0 Å². The Morgan fingerprint density at radius 1 is 1.08 bits per heavy atom. The molecule has 4 aromatic rings. The number of piperidine rings is 1. The summed E-state index contributed by atoms with van der Waals surface area (Å²) in [7, 11) is 0. The first-order chi connectivity index (χ1) is 18.6. The van der Waals surface area contributed by atoms with Crippen LogP contribution in [-0.2, 0) is 11.3 Å². The maximum atomic E-state index is 11.8. The highest BCUT2D eigenvalue weighted by Crippen LogP contribution is 2.27. The number of benzene rings is 1. The molecule has 0 unspecified atom stereocenters. The fourth-order valence-corrected chi connectivity index (χ4v) is 5.58. The van der Waals surface area contributed by atoms with Gasteiger partial charge >= 0.3 is 0 Å².